The van der Waals surface area contributed by atoms with Gasteiger partial charge < -0.3 is 5.32 Å². The lowest BCUT2D eigenvalue weighted by atomic mass is 10.2. The van der Waals surface area contributed by atoms with Crippen LogP contribution in [0.4, 0.5) is 15.8 Å². The molecule has 0 unspecified atom stereocenters. The lowest BCUT2D eigenvalue weighted by Gasteiger charge is -2.07. The van der Waals surface area contributed by atoms with E-state index in [1.54, 1.807) is 0 Å². The average molecular weight is 333 g/mol. The molecule has 0 radical (unpaired) electrons. The van der Waals surface area contributed by atoms with Crippen LogP contribution >= 0.6 is 27.7 Å². The number of hydrogen-bond donors (Lipinski definition) is 1. The maximum Gasteiger partial charge on any atom is 0.295 e. The molecule has 18 heavy (non-hydrogen) atoms. The fraction of sp³-hybridized carbons (Fsp3) is 0.273. The first-order valence-electron chi connectivity index (χ1n) is 4.94. The zero-order chi connectivity index (χ0) is 13.5. The van der Waals surface area contributed by atoms with Crippen LogP contribution in [0.1, 0.15) is 0 Å². The molecule has 0 amide bonds. The van der Waals surface area contributed by atoms with E-state index in [1.165, 1.54) is 17.8 Å². The molecule has 0 aromatic heterocycles. The molecule has 0 bridgehead atoms. The Morgan fingerprint density at radius 1 is 1.61 bits per heavy atom. The van der Waals surface area contributed by atoms with E-state index in [2.05, 4.69) is 27.2 Å². The highest BCUT2D eigenvalue weighted by Gasteiger charge is 2.17. The number of anilines is 1. The summed E-state index contributed by atoms with van der Waals surface area (Å²) in [4.78, 5) is 10.2. The Hall–Kier alpha value is -1.26. The van der Waals surface area contributed by atoms with Gasteiger partial charge in [-0.05, 0) is 22.0 Å². The molecule has 1 N–H and O–H groups in total. The predicted octanol–water partition coefficient (Wildman–Crippen LogP) is 3.27. The highest BCUT2D eigenvalue weighted by molar-refractivity contribution is 9.10. The molecule has 96 valence electrons. The van der Waals surface area contributed by atoms with E-state index in [9.17, 15) is 14.5 Å². The summed E-state index contributed by atoms with van der Waals surface area (Å²) >= 11 is 4.53. The number of rotatable bonds is 6. The molecule has 0 heterocycles. The first kappa shape index (κ1) is 14.8. The smallest absolute Gasteiger partial charge is 0.295 e. The van der Waals surface area contributed by atoms with Gasteiger partial charge in [-0.3, -0.25) is 10.1 Å². The molecule has 4 nitrogen and oxygen atoms in total. The minimum Gasteiger partial charge on any atom is -0.379 e. The average Bonchev–Trinajstić information content (AvgIpc) is 2.32. The maximum absolute atomic E-state index is 13.2. The molecule has 0 aliphatic heterocycles. The van der Waals surface area contributed by atoms with Crippen molar-refractivity contribution in [2.24, 2.45) is 0 Å². The molecule has 0 saturated heterocycles. The van der Waals surface area contributed by atoms with Gasteiger partial charge in [-0.25, -0.2) is 4.39 Å². The highest BCUT2D eigenvalue weighted by Crippen LogP contribution is 2.30. The van der Waals surface area contributed by atoms with E-state index in [-0.39, 0.29) is 15.8 Å². The van der Waals surface area contributed by atoms with Crippen molar-refractivity contribution in [1.82, 2.24) is 0 Å². The number of nitrogens with one attached hydrogen (secondary N) is 1. The Bertz CT molecular complexity index is 491. The molecule has 0 aliphatic rings. The normalized spacial score (nSPS) is 9.83. The van der Waals surface area contributed by atoms with E-state index in [1.807, 2.05) is 0 Å². The van der Waals surface area contributed by atoms with E-state index in [0.717, 1.165) is 11.8 Å². The number of nitrogens with zero attached hydrogens (tertiary/aromatic N) is 1. The Balaban J connectivity index is 2.72. The lowest BCUT2D eigenvalue weighted by Crippen LogP contribution is -2.07. The van der Waals surface area contributed by atoms with Crippen LogP contribution in [-0.4, -0.2) is 23.0 Å². The second-order valence-electron chi connectivity index (χ2n) is 3.22. The van der Waals surface area contributed by atoms with Crippen molar-refractivity contribution >= 4 is 39.1 Å². The summed E-state index contributed by atoms with van der Waals surface area (Å²) in [5.74, 6) is 3.14. The minimum absolute atomic E-state index is 0.187. The number of terminal acetylenes is 1. The molecule has 0 spiro atoms. The maximum atomic E-state index is 13.2. The lowest BCUT2D eigenvalue weighted by molar-refractivity contribution is -0.384. The minimum atomic E-state index is -0.658. The summed E-state index contributed by atoms with van der Waals surface area (Å²) in [6.07, 6.45) is 5.09. The van der Waals surface area contributed by atoms with Crippen molar-refractivity contribution in [2.45, 2.75) is 0 Å². The van der Waals surface area contributed by atoms with Crippen molar-refractivity contribution in [3.05, 3.63) is 32.5 Å². The van der Waals surface area contributed by atoms with Crippen molar-refractivity contribution in [3.8, 4) is 12.3 Å². The Morgan fingerprint density at radius 3 is 2.94 bits per heavy atom. The largest absolute Gasteiger partial charge is 0.379 e. The third-order valence-electron chi connectivity index (χ3n) is 1.98. The van der Waals surface area contributed by atoms with Crippen LogP contribution in [-0.2, 0) is 0 Å². The molecule has 1 aromatic carbocycles. The highest BCUT2D eigenvalue weighted by atomic mass is 79.9. The number of nitro benzene ring substituents is 1. The first-order chi connectivity index (χ1) is 8.56. The number of benzene rings is 1. The molecule has 0 aliphatic carbocycles. The molecular formula is C11H10BrFN2O2S. The molecule has 0 atom stereocenters. The molecule has 1 rings (SSSR count). The van der Waals surface area contributed by atoms with Crippen LogP contribution in [0.15, 0.2) is 16.6 Å². The zero-order valence-corrected chi connectivity index (χ0v) is 11.7. The first-order valence-corrected chi connectivity index (χ1v) is 6.89. The summed E-state index contributed by atoms with van der Waals surface area (Å²) in [5, 5.41) is 13.7. The fourth-order valence-electron chi connectivity index (χ4n) is 1.22. The van der Waals surface area contributed by atoms with Crippen molar-refractivity contribution in [2.75, 3.05) is 23.4 Å². The Labute approximate surface area is 117 Å². The van der Waals surface area contributed by atoms with E-state index >= 15 is 0 Å². The Morgan fingerprint density at radius 2 is 2.33 bits per heavy atom. The molecule has 7 heteroatoms. The van der Waals surface area contributed by atoms with Crippen LogP contribution in [0.2, 0.25) is 0 Å². The molecule has 1 aromatic rings. The van der Waals surface area contributed by atoms with Crippen LogP contribution in [0.25, 0.3) is 0 Å². The van der Waals surface area contributed by atoms with Gasteiger partial charge >= 0.3 is 0 Å². The topological polar surface area (TPSA) is 55.2 Å². The standard InChI is InChI=1S/C11H10BrFN2O2S/c1-2-4-18-5-3-14-10-6-8(12)9(13)7-11(10)15(16)17/h1,6-7,14H,3-5H2. The van der Waals surface area contributed by atoms with Crippen molar-refractivity contribution in [1.29, 1.82) is 0 Å². The van der Waals surface area contributed by atoms with E-state index in [0.29, 0.717) is 12.3 Å². The van der Waals surface area contributed by atoms with Crippen LogP contribution < -0.4 is 5.32 Å². The third-order valence-corrected chi connectivity index (χ3v) is 3.45. The summed E-state index contributed by atoms with van der Waals surface area (Å²) in [6, 6.07) is 2.25. The quantitative estimate of drug-likeness (QED) is 0.376. The van der Waals surface area contributed by atoms with Crippen LogP contribution in [0.3, 0.4) is 0 Å². The molecular weight excluding hydrogens is 323 g/mol. The Kier molecular flexibility index (Phi) is 5.95. The van der Waals surface area contributed by atoms with Crippen molar-refractivity contribution < 1.29 is 9.31 Å². The second-order valence-corrected chi connectivity index (χ2v) is 5.18. The van der Waals surface area contributed by atoms with Gasteiger partial charge in [-0.2, -0.15) is 0 Å². The van der Waals surface area contributed by atoms with Crippen LogP contribution in [0.5, 0.6) is 0 Å². The van der Waals surface area contributed by atoms with Gasteiger partial charge in [-0.15, -0.1) is 18.2 Å². The summed E-state index contributed by atoms with van der Waals surface area (Å²) < 4.78 is 13.4. The van der Waals surface area contributed by atoms with E-state index in [4.69, 9.17) is 6.42 Å². The fourth-order valence-corrected chi connectivity index (χ4v) is 2.07. The van der Waals surface area contributed by atoms with Gasteiger partial charge in [0.1, 0.15) is 11.5 Å². The van der Waals surface area contributed by atoms with E-state index < -0.39 is 10.7 Å². The van der Waals surface area contributed by atoms with Crippen LogP contribution in [0, 0.1) is 28.3 Å². The van der Waals surface area contributed by atoms with Gasteiger partial charge in [-0.1, -0.05) is 5.92 Å². The summed E-state index contributed by atoms with van der Waals surface area (Å²) in [6.45, 7) is 0.519. The number of hydrogen-bond acceptors (Lipinski definition) is 4. The van der Waals surface area contributed by atoms with Crippen molar-refractivity contribution in [3.63, 3.8) is 0 Å². The summed E-state index contributed by atoms with van der Waals surface area (Å²) in [7, 11) is 0. The van der Waals surface area contributed by atoms with Gasteiger partial charge in [0.25, 0.3) is 5.69 Å². The summed E-state index contributed by atoms with van der Waals surface area (Å²) in [5.41, 5.74) is 0.00670. The zero-order valence-electron chi connectivity index (χ0n) is 9.28. The number of nitro groups is 1. The SMILES string of the molecule is C#CCSCCNc1cc(Br)c(F)cc1[N+](=O)[O-]. The predicted molar refractivity (Wildman–Crippen MR) is 75.4 cm³/mol. The number of thioether (sulfide) groups is 1. The second kappa shape index (κ2) is 7.24. The van der Waals surface area contributed by atoms with Gasteiger partial charge in [0.05, 0.1) is 21.2 Å². The monoisotopic (exact) mass is 332 g/mol. The van der Waals surface area contributed by atoms with Gasteiger partial charge in [0, 0.05) is 12.3 Å². The molecule has 0 fully saturated rings. The van der Waals surface area contributed by atoms with Gasteiger partial charge in [0.15, 0.2) is 0 Å². The number of halogens is 2. The third kappa shape index (κ3) is 4.20. The van der Waals surface area contributed by atoms with Gasteiger partial charge in [0.2, 0.25) is 0 Å². The molecule has 0 saturated carbocycles.